The summed E-state index contributed by atoms with van der Waals surface area (Å²) in [6.07, 6.45) is -4.48. The van der Waals surface area contributed by atoms with Crippen LogP contribution in [0.3, 0.4) is 0 Å². The van der Waals surface area contributed by atoms with E-state index in [1.54, 1.807) is 0 Å². The molecule has 0 bridgehead atoms. The first kappa shape index (κ1) is 15.6. The van der Waals surface area contributed by atoms with E-state index < -0.39 is 24.1 Å². The van der Waals surface area contributed by atoms with Gasteiger partial charge in [0.25, 0.3) is 0 Å². The van der Waals surface area contributed by atoms with Gasteiger partial charge in [-0.15, -0.1) is 0 Å². The van der Waals surface area contributed by atoms with Crippen LogP contribution >= 0.6 is 0 Å². The molecule has 1 amide bonds. The summed E-state index contributed by atoms with van der Waals surface area (Å²) in [5.74, 6) is -0.181. The molecule has 5 nitrogen and oxygen atoms in total. The van der Waals surface area contributed by atoms with Crippen LogP contribution in [-0.4, -0.2) is 39.3 Å². The monoisotopic (exact) mass is 304 g/mol. The molecular weight excluding hydrogens is 289 g/mol. The van der Waals surface area contributed by atoms with E-state index >= 15 is 0 Å². The van der Waals surface area contributed by atoms with Crippen molar-refractivity contribution in [3.8, 4) is 0 Å². The number of nitrogens with zero attached hydrogens (tertiary/aromatic N) is 2. The number of carboxylic acid groups (broad SMARTS) is 1. The molecule has 0 spiro atoms. The van der Waals surface area contributed by atoms with Crippen molar-refractivity contribution in [3.63, 3.8) is 0 Å². The van der Waals surface area contributed by atoms with Crippen LogP contribution in [0.2, 0.25) is 0 Å². The highest BCUT2D eigenvalue weighted by Crippen LogP contribution is 2.32. The van der Waals surface area contributed by atoms with Gasteiger partial charge >= 0.3 is 12.3 Å². The predicted molar refractivity (Wildman–Crippen MR) is 66.5 cm³/mol. The Morgan fingerprint density at radius 2 is 1.95 bits per heavy atom. The Hall–Kier alpha value is -1.83. The van der Waals surface area contributed by atoms with Gasteiger partial charge in [-0.25, -0.2) is 4.79 Å². The maximum atomic E-state index is 12.4. The van der Waals surface area contributed by atoms with E-state index in [4.69, 9.17) is 5.11 Å². The Bertz CT molecular complexity index is 496. The van der Waals surface area contributed by atoms with Crippen molar-refractivity contribution in [2.45, 2.75) is 25.1 Å². The summed E-state index contributed by atoms with van der Waals surface area (Å²) in [6.45, 7) is 0.621. The molecule has 1 aromatic rings. The Morgan fingerprint density at radius 3 is 2.38 bits per heavy atom. The largest absolute Gasteiger partial charge is 0.465 e. The normalized spacial score (nSPS) is 18.6. The number of hydrogen-bond acceptors (Lipinski definition) is 3. The molecule has 0 aromatic carbocycles. The summed E-state index contributed by atoms with van der Waals surface area (Å²) >= 11 is 0. The molecule has 1 fully saturated rings. The summed E-state index contributed by atoms with van der Waals surface area (Å²) < 4.78 is 37.2. The zero-order valence-electron chi connectivity index (χ0n) is 11.0. The first-order valence-corrected chi connectivity index (χ1v) is 6.48. The average Bonchev–Trinajstić information content (AvgIpc) is 2.46. The van der Waals surface area contributed by atoms with Crippen molar-refractivity contribution in [1.29, 1.82) is 0 Å². The fourth-order valence-electron chi connectivity index (χ4n) is 2.43. The number of aliphatic hydroxyl groups excluding tert-OH is 1. The Kier molecular flexibility index (Phi) is 4.36. The molecular formula is C13H15F3N2O3. The van der Waals surface area contributed by atoms with Gasteiger partial charge in [-0.3, -0.25) is 4.98 Å². The Balaban J connectivity index is 2.01. The van der Waals surface area contributed by atoms with Crippen molar-refractivity contribution >= 4 is 6.09 Å². The minimum absolute atomic E-state index is 0.181. The van der Waals surface area contributed by atoms with Crippen LogP contribution in [0.5, 0.6) is 0 Å². The molecule has 1 aromatic heterocycles. The predicted octanol–water partition coefficient (Wildman–Crippen LogP) is 2.52. The van der Waals surface area contributed by atoms with Crippen molar-refractivity contribution in [2.75, 3.05) is 13.1 Å². The van der Waals surface area contributed by atoms with Crippen molar-refractivity contribution in [1.82, 2.24) is 9.88 Å². The quantitative estimate of drug-likeness (QED) is 0.880. The second kappa shape index (κ2) is 5.88. The lowest BCUT2D eigenvalue weighted by molar-refractivity contribution is -0.141. The molecule has 1 unspecified atom stereocenters. The van der Waals surface area contributed by atoms with Crippen LogP contribution in [0, 0.1) is 5.92 Å². The number of rotatable bonds is 2. The van der Waals surface area contributed by atoms with Gasteiger partial charge in [0.2, 0.25) is 0 Å². The zero-order chi connectivity index (χ0) is 15.6. The molecule has 1 aliphatic heterocycles. The number of alkyl halides is 3. The number of halogens is 3. The number of carbonyl (C=O) groups is 1. The SMILES string of the molecule is O=C(O)N1CCC(C(O)c2ccc(C(F)(F)F)nc2)CC1. The molecule has 2 rings (SSSR count). The highest BCUT2D eigenvalue weighted by molar-refractivity contribution is 5.64. The van der Waals surface area contributed by atoms with Gasteiger partial charge in [0, 0.05) is 19.3 Å². The van der Waals surface area contributed by atoms with E-state index in [0.29, 0.717) is 31.5 Å². The van der Waals surface area contributed by atoms with Gasteiger partial charge in [0.05, 0.1) is 6.10 Å². The van der Waals surface area contributed by atoms with Gasteiger partial charge < -0.3 is 15.1 Å². The fraction of sp³-hybridized carbons (Fsp3) is 0.538. The van der Waals surface area contributed by atoms with E-state index in [2.05, 4.69) is 4.98 Å². The summed E-state index contributed by atoms with van der Waals surface area (Å²) in [7, 11) is 0. The molecule has 116 valence electrons. The first-order chi connectivity index (χ1) is 9.79. The molecule has 8 heteroatoms. The van der Waals surface area contributed by atoms with Gasteiger partial charge in [0.1, 0.15) is 5.69 Å². The third-order valence-corrected chi connectivity index (χ3v) is 3.67. The third-order valence-electron chi connectivity index (χ3n) is 3.67. The van der Waals surface area contributed by atoms with E-state index in [1.807, 2.05) is 0 Å². The van der Waals surface area contributed by atoms with Crippen LogP contribution in [-0.2, 0) is 6.18 Å². The number of aromatic nitrogens is 1. The number of piperidine rings is 1. The number of hydrogen-bond donors (Lipinski definition) is 2. The van der Waals surface area contributed by atoms with Crippen LogP contribution in [0.1, 0.15) is 30.2 Å². The standard InChI is InChI=1S/C13H15F3N2O3/c14-13(15,16)10-2-1-9(7-17-10)11(19)8-3-5-18(6-4-8)12(20)21/h1-2,7-8,11,19H,3-6H2,(H,20,21). The lowest BCUT2D eigenvalue weighted by Crippen LogP contribution is -2.38. The topological polar surface area (TPSA) is 73.7 Å². The van der Waals surface area contributed by atoms with Crippen molar-refractivity contribution in [3.05, 3.63) is 29.6 Å². The van der Waals surface area contributed by atoms with Crippen LogP contribution in [0.15, 0.2) is 18.3 Å². The molecule has 0 saturated carbocycles. The van der Waals surface area contributed by atoms with Crippen molar-refractivity contribution in [2.24, 2.45) is 5.92 Å². The van der Waals surface area contributed by atoms with Gasteiger partial charge in [0.15, 0.2) is 0 Å². The van der Waals surface area contributed by atoms with Crippen LogP contribution in [0.4, 0.5) is 18.0 Å². The number of likely N-dealkylation sites (tertiary alicyclic amines) is 1. The second-order valence-electron chi connectivity index (χ2n) is 5.03. The maximum Gasteiger partial charge on any atom is 0.433 e. The van der Waals surface area contributed by atoms with Crippen LogP contribution in [0.25, 0.3) is 0 Å². The lowest BCUT2D eigenvalue weighted by Gasteiger charge is -2.32. The van der Waals surface area contributed by atoms with E-state index in [9.17, 15) is 23.1 Å². The molecule has 0 aliphatic carbocycles. The summed E-state index contributed by atoms with van der Waals surface area (Å²) in [4.78, 5) is 15.4. The summed E-state index contributed by atoms with van der Waals surface area (Å²) in [5.41, 5.74) is -0.684. The maximum absolute atomic E-state index is 12.4. The van der Waals surface area contributed by atoms with Crippen LogP contribution < -0.4 is 0 Å². The number of pyridine rings is 1. The second-order valence-corrected chi connectivity index (χ2v) is 5.03. The zero-order valence-corrected chi connectivity index (χ0v) is 11.0. The minimum atomic E-state index is -4.50. The molecule has 1 aliphatic rings. The van der Waals surface area contributed by atoms with E-state index in [0.717, 1.165) is 12.3 Å². The van der Waals surface area contributed by atoms with Crippen molar-refractivity contribution < 1.29 is 28.2 Å². The Labute approximate surface area is 119 Å². The fourth-order valence-corrected chi connectivity index (χ4v) is 2.43. The summed E-state index contributed by atoms with van der Waals surface area (Å²) in [5, 5.41) is 19.0. The Morgan fingerprint density at radius 1 is 1.33 bits per heavy atom. The molecule has 2 N–H and O–H groups in total. The first-order valence-electron chi connectivity index (χ1n) is 6.48. The molecule has 0 radical (unpaired) electrons. The molecule has 21 heavy (non-hydrogen) atoms. The van der Waals surface area contributed by atoms with Gasteiger partial charge in [-0.1, -0.05) is 6.07 Å². The number of amides is 1. The minimum Gasteiger partial charge on any atom is -0.465 e. The van der Waals surface area contributed by atoms with E-state index in [-0.39, 0.29) is 5.92 Å². The molecule has 1 saturated heterocycles. The van der Waals surface area contributed by atoms with Gasteiger partial charge in [-0.05, 0) is 30.4 Å². The highest BCUT2D eigenvalue weighted by Gasteiger charge is 2.33. The smallest absolute Gasteiger partial charge is 0.433 e. The molecule has 1 atom stereocenters. The highest BCUT2D eigenvalue weighted by atomic mass is 19.4. The summed E-state index contributed by atoms with van der Waals surface area (Å²) in [6, 6.07) is 2.05. The molecule has 2 heterocycles. The third kappa shape index (κ3) is 3.63. The van der Waals surface area contributed by atoms with Gasteiger partial charge in [-0.2, -0.15) is 13.2 Å². The average molecular weight is 304 g/mol. The van der Waals surface area contributed by atoms with E-state index in [1.165, 1.54) is 11.0 Å². The number of aliphatic hydroxyl groups is 1. The lowest BCUT2D eigenvalue weighted by atomic mass is 9.88.